The van der Waals surface area contributed by atoms with Gasteiger partial charge in [0.25, 0.3) is 0 Å². The number of aliphatic imine (C=N–C) groups is 1. The fourth-order valence-electron chi connectivity index (χ4n) is 2.93. The van der Waals surface area contributed by atoms with Crippen LogP contribution in [0, 0.1) is 19.7 Å². The van der Waals surface area contributed by atoms with E-state index in [1.165, 1.54) is 10.9 Å². The number of hydrogen-bond donors (Lipinski definition) is 2. The van der Waals surface area contributed by atoms with Crippen molar-refractivity contribution in [2.45, 2.75) is 33.2 Å². The number of guanidine groups is 1. The van der Waals surface area contributed by atoms with E-state index in [2.05, 4.69) is 43.3 Å². The maximum absolute atomic E-state index is 13.3. The predicted octanol–water partition coefficient (Wildman–Crippen LogP) is 3.77. The van der Waals surface area contributed by atoms with E-state index in [4.69, 9.17) is 0 Å². The van der Waals surface area contributed by atoms with Gasteiger partial charge in [-0.2, -0.15) is 0 Å². The molecule has 0 fully saturated rings. The van der Waals surface area contributed by atoms with Crippen LogP contribution in [0.25, 0.3) is 0 Å². The summed E-state index contributed by atoms with van der Waals surface area (Å²) in [6, 6.07) is 9.12. The molecule has 30 heavy (non-hydrogen) atoms. The fourth-order valence-corrected chi connectivity index (χ4v) is 3.64. The minimum Gasteiger partial charge on any atom is -0.356 e. The first-order valence-electron chi connectivity index (χ1n) is 9.67. The number of halogens is 2. The molecule has 3 aromatic rings. The van der Waals surface area contributed by atoms with E-state index in [-0.39, 0.29) is 29.8 Å². The number of rotatable bonds is 8. The molecular formula is C21H28FIN6S. The van der Waals surface area contributed by atoms with Gasteiger partial charge in [-0.15, -0.1) is 45.5 Å². The second-order valence-electron chi connectivity index (χ2n) is 6.89. The summed E-state index contributed by atoms with van der Waals surface area (Å²) in [6.07, 6.45) is 1.74. The number of nitrogens with zero attached hydrogens (tertiary/aromatic N) is 4. The van der Waals surface area contributed by atoms with Gasteiger partial charge < -0.3 is 15.2 Å². The van der Waals surface area contributed by atoms with Crippen LogP contribution >= 0.6 is 35.3 Å². The molecule has 162 valence electrons. The third-order valence-corrected chi connectivity index (χ3v) is 5.73. The summed E-state index contributed by atoms with van der Waals surface area (Å²) in [4.78, 5) is 6.01. The zero-order valence-corrected chi connectivity index (χ0v) is 20.6. The highest BCUT2D eigenvalue weighted by atomic mass is 127. The normalized spacial score (nSPS) is 11.3. The Bertz CT molecular complexity index is 955. The molecule has 1 aromatic carbocycles. The lowest BCUT2D eigenvalue weighted by atomic mass is 10.1. The quantitative estimate of drug-likeness (QED) is 0.259. The molecule has 2 N–H and O–H groups in total. The maximum atomic E-state index is 13.3. The average molecular weight is 542 g/mol. The van der Waals surface area contributed by atoms with Crippen LogP contribution < -0.4 is 10.6 Å². The Morgan fingerprint density at radius 3 is 2.53 bits per heavy atom. The van der Waals surface area contributed by atoms with Crippen LogP contribution in [-0.4, -0.2) is 33.8 Å². The average Bonchev–Trinajstić information content (AvgIpc) is 3.32. The Morgan fingerprint density at radius 2 is 1.90 bits per heavy atom. The van der Waals surface area contributed by atoms with Crippen LogP contribution in [0.1, 0.15) is 27.7 Å². The van der Waals surface area contributed by atoms with Gasteiger partial charge >= 0.3 is 0 Å². The summed E-state index contributed by atoms with van der Waals surface area (Å²) < 4.78 is 15.2. The number of hydrogen-bond acceptors (Lipinski definition) is 4. The Morgan fingerprint density at radius 1 is 1.13 bits per heavy atom. The summed E-state index contributed by atoms with van der Waals surface area (Å²) in [6.45, 7) is 5.79. The van der Waals surface area contributed by atoms with Crippen LogP contribution in [0.15, 0.2) is 40.7 Å². The second-order valence-corrected chi connectivity index (χ2v) is 7.92. The zero-order chi connectivity index (χ0) is 20.6. The first-order chi connectivity index (χ1) is 14.0. The maximum Gasteiger partial charge on any atom is 0.191 e. The third-order valence-electron chi connectivity index (χ3n) is 4.80. The molecule has 0 aliphatic carbocycles. The van der Waals surface area contributed by atoms with Gasteiger partial charge in [-0.25, -0.2) is 9.38 Å². The summed E-state index contributed by atoms with van der Waals surface area (Å²) in [5, 5.41) is 17.1. The van der Waals surface area contributed by atoms with Crippen LogP contribution in [0.3, 0.4) is 0 Å². The molecule has 0 spiro atoms. The van der Waals surface area contributed by atoms with E-state index in [9.17, 15) is 4.39 Å². The molecule has 0 atom stereocenters. The van der Waals surface area contributed by atoms with Gasteiger partial charge in [-0.1, -0.05) is 12.1 Å². The number of thiophene rings is 1. The summed E-state index contributed by atoms with van der Waals surface area (Å²) >= 11 is 1.75. The van der Waals surface area contributed by atoms with Crippen LogP contribution in [-0.2, 0) is 26.4 Å². The summed E-state index contributed by atoms with van der Waals surface area (Å²) in [5.41, 5.74) is 2.09. The molecule has 0 amide bonds. The van der Waals surface area contributed by atoms with Crippen molar-refractivity contribution in [3.8, 4) is 0 Å². The molecule has 6 nitrogen and oxygen atoms in total. The van der Waals surface area contributed by atoms with Gasteiger partial charge in [0.2, 0.25) is 0 Å². The van der Waals surface area contributed by atoms with Gasteiger partial charge in [0.05, 0.1) is 0 Å². The lowest BCUT2D eigenvalue weighted by Crippen LogP contribution is -2.39. The van der Waals surface area contributed by atoms with Crippen molar-refractivity contribution < 1.29 is 4.39 Å². The van der Waals surface area contributed by atoms with Crippen molar-refractivity contribution in [2.75, 3.05) is 13.1 Å². The van der Waals surface area contributed by atoms with Crippen molar-refractivity contribution >= 4 is 41.3 Å². The van der Waals surface area contributed by atoms with Crippen molar-refractivity contribution in [1.82, 2.24) is 25.4 Å². The SMILES string of the molecule is Cc1cc(F)ccc1CCNC(=NCc1nnc(C)n1C)NCCc1cccs1.I. The molecule has 0 saturated carbocycles. The molecule has 0 aliphatic heterocycles. The zero-order valence-electron chi connectivity index (χ0n) is 17.5. The molecule has 0 radical (unpaired) electrons. The van der Waals surface area contributed by atoms with Gasteiger partial charge in [0.15, 0.2) is 11.8 Å². The molecule has 9 heteroatoms. The smallest absolute Gasteiger partial charge is 0.191 e. The largest absolute Gasteiger partial charge is 0.356 e. The molecule has 0 bridgehead atoms. The number of benzene rings is 1. The van der Waals surface area contributed by atoms with Crippen molar-refractivity contribution in [3.05, 3.63) is 69.2 Å². The fraction of sp³-hybridized carbons (Fsp3) is 0.381. The Hall–Kier alpha value is -2.01. The van der Waals surface area contributed by atoms with Crippen molar-refractivity contribution in [2.24, 2.45) is 12.0 Å². The van der Waals surface area contributed by atoms with E-state index in [1.54, 1.807) is 17.4 Å². The van der Waals surface area contributed by atoms with E-state index >= 15 is 0 Å². The highest BCUT2D eigenvalue weighted by molar-refractivity contribution is 14.0. The monoisotopic (exact) mass is 542 g/mol. The van der Waals surface area contributed by atoms with Crippen LogP contribution in [0.5, 0.6) is 0 Å². The minimum absolute atomic E-state index is 0. The Balaban J connectivity index is 0.00000320. The lowest BCUT2D eigenvalue weighted by Gasteiger charge is -2.13. The van der Waals surface area contributed by atoms with Crippen LogP contribution in [0.4, 0.5) is 4.39 Å². The Labute approximate surface area is 198 Å². The highest BCUT2D eigenvalue weighted by Crippen LogP contribution is 2.10. The minimum atomic E-state index is -0.198. The van der Waals surface area contributed by atoms with Gasteiger partial charge in [-0.05, 0) is 61.4 Å². The van der Waals surface area contributed by atoms with Gasteiger partial charge in [0.1, 0.15) is 18.2 Å². The first-order valence-corrected chi connectivity index (χ1v) is 10.6. The lowest BCUT2D eigenvalue weighted by molar-refractivity contribution is 0.625. The number of aromatic nitrogens is 3. The van der Waals surface area contributed by atoms with Crippen LogP contribution in [0.2, 0.25) is 0 Å². The van der Waals surface area contributed by atoms with E-state index < -0.39 is 0 Å². The molecular weight excluding hydrogens is 514 g/mol. The molecule has 0 saturated heterocycles. The second kappa shape index (κ2) is 12.0. The van der Waals surface area contributed by atoms with E-state index in [0.717, 1.165) is 48.1 Å². The van der Waals surface area contributed by atoms with Crippen molar-refractivity contribution in [3.63, 3.8) is 0 Å². The summed E-state index contributed by atoms with van der Waals surface area (Å²) in [5.74, 6) is 2.22. The molecule has 2 heterocycles. The number of aryl methyl sites for hydroxylation is 2. The predicted molar refractivity (Wildman–Crippen MR) is 131 cm³/mol. The van der Waals surface area contributed by atoms with Gasteiger partial charge in [-0.3, -0.25) is 0 Å². The Kier molecular flexibility index (Phi) is 9.70. The van der Waals surface area contributed by atoms with Crippen molar-refractivity contribution in [1.29, 1.82) is 0 Å². The van der Waals surface area contributed by atoms with E-state index in [1.807, 2.05) is 31.5 Å². The number of nitrogens with one attached hydrogen (secondary N) is 2. The highest BCUT2D eigenvalue weighted by Gasteiger charge is 2.06. The topological polar surface area (TPSA) is 67.1 Å². The molecule has 0 unspecified atom stereocenters. The van der Waals surface area contributed by atoms with Gasteiger partial charge in [0, 0.05) is 25.0 Å². The molecule has 0 aliphatic rings. The third kappa shape index (κ3) is 7.05. The summed E-state index contributed by atoms with van der Waals surface area (Å²) in [7, 11) is 1.94. The molecule has 2 aromatic heterocycles. The molecule has 3 rings (SSSR count). The standard InChI is InChI=1S/C21H27FN6S.HI/c1-15-13-18(22)7-6-17(15)8-10-23-21(24-11-9-19-5-4-12-29-19)25-14-20-27-26-16(2)28(20)3;/h4-7,12-13H,8-11,14H2,1-3H3,(H2,23,24,25);1H. The van der Waals surface area contributed by atoms with E-state index in [0.29, 0.717) is 13.1 Å². The first kappa shape index (κ1) is 24.3.